The smallest absolute Gasteiger partial charge is 0.0462 e. The zero-order chi connectivity index (χ0) is 42.0. The molecule has 0 amide bonds. The second-order valence-corrected chi connectivity index (χ2v) is 16.1. The average Bonchev–Trinajstić information content (AvgIpc) is 3.37. The number of hydrogen-bond donors (Lipinski definition) is 0. The van der Waals surface area contributed by atoms with Crippen LogP contribution < -0.4 is 4.90 Å². The van der Waals surface area contributed by atoms with Crippen molar-refractivity contribution >= 4 is 38.6 Å². The van der Waals surface area contributed by atoms with E-state index in [0.29, 0.717) is 0 Å². The Morgan fingerprint density at radius 1 is 0.190 bits per heavy atom. The van der Waals surface area contributed by atoms with Crippen LogP contribution in [0.15, 0.2) is 261 Å². The molecule has 0 aliphatic carbocycles. The summed E-state index contributed by atoms with van der Waals surface area (Å²) in [5.74, 6) is 0. The predicted molar refractivity (Wildman–Crippen MR) is 269 cm³/mol. The first kappa shape index (κ1) is 37.7. The summed E-state index contributed by atoms with van der Waals surface area (Å²) in [4.78, 5) is 2.36. The van der Waals surface area contributed by atoms with Crippen molar-refractivity contribution < 1.29 is 0 Å². The first-order chi connectivity index (χ1) is 31.2. The van der Waals surface area contributed by atoms with Gasteiger partial charge in [-0.3, -0.25) is 0 Å². The molecular weight excluding hydrogens is 759 g/mol. The predicted octanol–water partition coefficient (Wildman–Crippen LogP) is 17.5. The molecule has 0 bridgehead atoms. The summed E-state index contributed by atoms with van der Waals surface area (Å²) in [6, 6.07) is 94.6. The molecule has 0 heterocycles. The summed E-state index contributed by atoms with van der Waals surface area (Å²) < 4.78 is 0. The lowest BCUT2D eigenvalue weighted by Gasteiger charge is -2.26. The third-order valence-corrected chi connectivity index (χ3v) is 12.3. The van der Waals surface area contributed by atoms with Gasteiger partial charge in [0.05, 0.1) is 0 Å². The van der Waals surface area contributed by atoms with E-state index in [4.69, 9.17) is 0 Å². The normalized spacial score (nSPS) is 11.2. The van der Waals surface area contributed by atoms with Gasteiger partial charge in [-0.05, 0) is 131 Å². The van der Waals surface area contributed by atoms with E-state index in [2.05, 4.69) is 266 Å². The van der Waals surface area contributed by atoms with Crippen molar-refractivity contribution in [1.29, 1.82) is 0 Å². The maximum Gasteiger partial charge on any atom is 0.0462 e. The van der Waals surface area contributed by atoms with Crippen LogP contribution in [-0.2, 0) is 0 Å². The minimum Gasteiger partial charge on any atom is -0.311 e. The number of anilines is 3. The quantitative estimate of drug-likeness (QED) is 0.141. The molecule has 0 unspecified atom stereocenters. The molecule has 63 heavy (non-hydrogen) atoms. The second-order valence-electron chi connectivity index (χ2n) is 16.1. The van der Waals surface area contributed by atoms with Crippen molar-refractivity contribution in [2.24, 2.45) is 0 Å². The molecule has 0 spiro atoms. The zero-order valence-corrected chi connectivity index (χ0v) is 34.8. The monoisotopic (exact) mass is 801 g/mol. The maximum atomic E-state index is 2.37. The molecule has 296 valence electrons. The molecule has 0 radical (unpaired) electrons. The number of fused-ring (bicyclic) bond motifs is 2. The highest BCUT2D eigenvalue weighted by atomic mass is 15.1. The van der Waals surface area contributed by atoms with E-state index in [9.17, 15) is 0 Å². The van der Waals surface area contributed by atoms with Crippen LogP contribution in [0.3, 0.4) is 0 Å². The van der Waals surface area contributed by atoms with Crippen LogP contribution in [0, 0.1) is 0 Å². The first-order valence-corrected chi connectivity index (χ1v) is 21.7. The Morgan fingerprint density at radius 2 is 0.524 bits per heavy atom. The Balaban J connectivity index is 0.964. The Bertz CT molecular complexity index is 3320. The van der Waals surface area contributed by atoms with Gasteiger partial charge >= 0.3 is 0 Å². The van der Waals surface area contributed by atoms with Crippen molar-refractivity contribution in [2.75, 3.05) is 4.90 Å². The fourth-order valence-electron chi connectivity index (χ4n) is 9.09. The van der Waals surface area contributed by atoms with E-state index in [-0.39, 0.29) is 0 Å². The molecule has 1 heteroatoms. The Hall–Kier alpha value is -8.26. The zero-order valence-electron chi connectivity index (χ0n) is 34.8. The molecule has 0 aliphatic heterocycles. The lowest BCUT2D eigenvalue weighted by Crippen LogP contribution is -2.09. The van der Waals surface area contributed by atoms with Crippen LogP contribution >= 0.6 is 0 Å². The number of rotatable bonds is 9. The van der Waals surface area contributed by atoms with E-state index in [1.807, 2.05) is 0 Å². The highest BCUT2D eigenvalue weighted by Gasteiger charge is 2.16. The minimum absolute atomic E-state index is 1.09. The molecule has 0 saturated heterocycles. The van der Waals surface area contributed by atoms with Crippen LogP contribution in [-0.4, -0.2) is 0 Å². The first-order valence-electron chi connectivity index (χ1n) is 21.7. The van der Waals surface area contributed by atoms with Gasteiger partial charge < -0.3 is 4.90 Å². The summed E-state index contributed by atoms with van der Waals surface area (Å²) in [7, 11) is 0. The molecule has 0 fully saturated rings. The third-order valence-electron chi connectivity index (χ3n) is 12.3. The van der Waals surface area contributed by atoms with Gasteiger partial charge in [-0.2, -0.15) is 0 Å². The van der Waals surface area contributed by atoms with Gasteiger partial charge in [-0.15, -0.1) is 0 Å². The standard InChI is InChI=1S/C62H43N/c1-3-13-44(14-4-1)46-29-36-54(37-30-46)63(55-38-31-47(32-39-55)45-25-27-51(28-26-45)59-23-11-19-49-17-7-9-21-57(49)59)56-40-33-52(34-41-56)62-43-53(35-42-61(62)48-15-5-2-6-16-48)60-24-12-20-50-18-8-10-22-58(50)60/h1-43H. The fourth-order valence-corrected chi connectivity index (χ4v) is 9.09. The van der Waals surface area contributed by atoms with E-state index in [1.54, 1.807) is 0 Å². The highest BCUT2D eigenvalue weighted by molar-refractivity contribution is 5.99. The SMILES string of the molecule is c1ccc(-c2ccc(N(c3ccc(-c4ccc(-c5cccc6ccccc56)cc4)cc3)c3ccc(-c4cc(-c5cccc6ccccc56)ccc4-c4ccccc4)cc3)cc2)cc1. The van der Waals surface area contributed by atoms with Crippen LogP contribution in [0.1, 0.15) is 0 Å². The molecule has 0 aliphatic rings. The van der Waals surface area contributed by atoms with Crippen molar-refractivity contribution in [3.05, 3.63) is 261 Å². The van der Waals surface area contributed by atoms with Gasteiger partial charge in [0, 0.05) is 17.1 Å². The molecule has 11 rings (SSSR count). The van der Waals surface area contributed by atoms with Crippen molar-refractivity contribution in [1.82, 2.24) is 0 Å². The lowest BCUT2D eigenvalue weighted by atomic mass is 9.89. The number of benzene rings is 11. The summed E-state index contributed by atoms with van der Waals surface area (Å²) in [6.45, 7) is 0. The summed E-state index contributed by atoms with van der Waals surface area (Å²) in [5, 5.41) is 5.03. The van der Waals surface area contributed by atoms with Crippen molar-refractivity contribution in [3.8, 4) is 66.8 Å². The topological polar surface area (TPSA) is 3.24 Å². The lowest BCUT2D eigenvalue weighted by molar-refractivity contribution is 1.28. The van der Waals surface area contributed by atoms with E-state index >= 15 is 0 Å². The molecule has 0 aromatic heterocycles. The van der Waals surface area contributed by atoms with Crippen molar-refractivity contribution in [3.63, 3.8) is 0 Å². The van der Waals surface area contributed by atoms with Gasteiger partial charge in [0.1, 0.15) is 0 Å². The molecule has 0 saturated carbocycles. The molecule has 11 aromatic carbocycles. The maximum absolute atomic E-state index is 2.37. The average molecular weight is 802 g/mol. The van der Waals surface area contributed by atoms with Gasteiger partial charge in [0.15, 0.2) is 0 Å². The Morgan fingerprint density at radius 3 is 1.05 bits per heavy atom. The van der Waals surface area contributed by atoms with Crippen LogP contribution in [0.25, 0.3) is 88.3 Å². The Labute approximate surface area is 369 Å². The molecule has 1 nitrogen and oxygen atoms in total. The summed E-state index contributed by atoms with van der Waals surface area (Å²) >= 11 is 0. The summed E-state index contributed by atoms with van der Waals surface area (Å²) in [5.41, 5.74) is 17.7. The fraction of sp³-hybridized carbons (Fsp3) is 0. The minimum atomic E-state index is 1.09. The van der Waals surface area contributed by atoms with Crippen LogP contribution in [0.2, 0.25) is 0 Å². The van der Waals surface area contributed by atoms with Gasteiger partial charge in [-0.1, -0.05) is 218 Å². The highest BCUT2D eigenvalue weighted by Crippen LogP contribution is 2.41. The molecular formula is C62H43N. The van der Waals surface area contributed by atoms with Gasteiger partial charge in [0.2, 0.25) is 0 Å². The summed E-state index contributed by atoms with van der Waals surface area (Å²) in [6.07, 6.45) is 0. The van der Waals surface area contributed by atoms with Crippen LogP contribution in [0.5, 0.6) is 0 Å². The van der Waals surface area contributed by atoms with Crippen molar-refractivity contribution in [2.45, 2.75) is 0 Å². The van der Waals surface area contributed by atoms with E-state index in [0.717, 1.165) is 17.1 Å². The largest absolute Gasteiger partial charge is 0.311 e. The molecule has 0 atom stereocenters. The third kappa shape index (κ3) is 7.47. The molecule has 11 aromatic rings. The van der Waals surface area contributed by atoms with Gasteiger partial charge in [-0.25, -0.2) is 0 Å². The van der Waals surface area contributed by atoms with E-state index < -0.39 is 0 Å². The van der Waals surface area contributed by atoms with Crippen LogP contribution in [0.4, 0.5) is 17.1 Å². The second kappa shape index (κ2) is 16.7. The number of hydrogen-bond acceptors (Lipinski definition) is 1. The molecule has 0 N–H and O–H groups in total. The van der Waals surface area contributed by atoms with E-state index in [1.165, 1.54) is 88.3 Å². The Kier molecular flexibility index (Phi) is 9.97. The van der Waals surface area contributed by atoms with Gasteiger partial charge in [0.25, 0.3) is 0 Å². The number of nitrogens with zero attached hydrogens (tertiary/aromatic N) is 1.